The van der Waals surface area contributed by atoms with Crippen LogP contribution < -0.4 is 5.32 Å². The summed E-state index contributed by atoms with van der Waals surface area (Å²) in [6.45, 7) is 1.88. The molecule has 0 heterocycles. The van der Waals surface area contributed by atoms with Gasteiger partial charge in [0.15, 0.2) is 11.6 Å². The molecule has 4 nitrogen and oxygen atoms in total. The van der Waals surface area contributed by atoms with Gasteiger partial charge in [-0.3, -0.25) is 10.1 Å². The average Bonchev–Trinajstić information content (AvgIpc) is 2.48. The Hall–Kier alpha value is -2.50. The van der Waals surface area contributed by atoms with Crippen molar-refractivity contribution in [3.8, 4) is 0 Å². The Labute approximate surface area is 120 Å². The summed E-state index contributed by atoms with van der Waals surface area (Å²) < 4.78 is 26.6. The van der Waals surface area contributed by atoms with E-state index in [4.69, 9.17) is 0 Å². The van der Waals surface area contributed by atoms with E-state index in [-0.39, 0.29) is 17.8 Å². The highest BCUT2D eigenvalue weighted by Crippen LogP contribution is 2.24. The lowest BCUT2D eigenvalue weighted by Crippen LogP contribution is -2.04. The van der Waals surface area contributed by atoms with Crippen LogP contribution in [0.2, 0.25) is 0 Å². The predicted molar refractivity (Wildman–Crippen MR) is 76.2 cm³/mol. The third-order valence-electron chi connectivity index (χ3n) is 3.18. The number of halogens is 2. The molecule has 0 fully saturated rings. The van der Waals surface area contributed by atoms with Gasteiger partial charge in [0.05, 0.1) is 4.92 Å². The molecular weight excluding hydrogens is 278 g/mol. The molecule has 21 heavy (non-hydrogen) atoms. The highest BCUT2D eigenvalue weighted by atomic mass is 19.2. The Balaban J connectivity index is 2.19. The molecule has 0 aliphatic carbocycles. The molecule has 0 saturated heterocycles. The Kier molecular flexibility index (Phi) is 4.47. The number of aryl methyl sites for hydroxylation is 1. The summed E-state index contributed by atoms with van der Waals surface area (Å²) in [7, 11) is 0. The van der Waals surface area contributed by atoms with Crippen LogP contribution in [0.5, 0.6) is 0 Å². The van der Waals surface area contributed by atoms with Gasteiger partial charge in [-0.25, -0.2) is 8.78 Å². The van der Waals surface area contributed by atoms with Gasteiger partial charge in [-0.15, -0.1) is 0 Å². The number of nitrogens with one attached hydrogen (secondary N) is 1. The van der Waals surface area contributed by atoms with Gasteiger partial charge in [0.1, 0.15) is 0 Å². The van der Waals surface area contributed by atoms with Crippen LogP contribution in [-0.4, -0.2) is 4.92 Å². The van der Waals surface area contributed by atoms with Gasteiger partial charge in [-0.05, 0) is 18.6 Å². The molecule has 0 spiro atoms. The Morgan fingerprint density at radius 3 is 2.62 bits per heavy atom. The second-order valence-electron chi connectivity index (χ2n) is 4.52. The maximum atomic E-state index is 13.5. The van der Waals surface area contributed by atoms with E-state index in [2.05, 4.69) is 5.32 Å². The molecule has 0 amide bonds. The SMILES string of the molecule is CCc1ccc(NCc2cccc(F)c2F)cc1[N+](=O)[O-]. The number of hydrogen-bond donors (Lipinski definition) is 1. The summed E-state index contributed by atoms with van der Waals surface area (Å²) in [5.41, 5.74) is 1.30. The number of hydrogen-bond acceptors (Lipinski definition) is 3. The maximum absolute atomic E-state index is 13.5. The highest BCUT2D eigenvalue weighted by Gasteiger charge is 2.13. The van der Waals surface area contributed by atoms with Crippen molar-refractivity contribution < 1.29 is 13.7 Å². The minimum Gasteiger partial charge on any atom is -0.381 e. The topological polar surface area (TPSA) is 55.2 Å². The van der Waals surface area contributed by atoms with E-state index in [0.29, 0.717) is 17.7 Å². The van der Waals surface area contributed by atoms with E-state index in [1.54, 1.807) is 12.1 Å². The molecule has 2 rings (SSSR count). The normalized spacial score (nSPS) is 10.4. The first-order chi connectivity index (χ1) is 10.0. The summed E-state index contributed by atoms with van der Waals surface area (Å²) in [5, 5.41) is 13.8. The lowest BCUT2D eigenvalue weighted by molar-refractivity contribution is -0.385. The zero-order valence-corrected chi connectivity index (χ0v) is 11.4. The first-order valence-corrected chi connectivity index (χ1v) is 6.47. The molecule has 6 heteroatoms. The van der Waals surface area contributed by atoms with Gasteiger partial charge >= 0.3 is 0 Å². The van der Waals surface area contributed by atoms with Crippen molar-refractivity contribution in [1.82, 2.24) is 0 Å². The van der Waals surface area contributed by atoms with Crippen molar-refractivity contribution in [2.75, 3.05) is 5.32 Å². The van der Waals surface area contributed by atoms with Crippen molar-refractivity contribution >= 4 is 11.4 Å². The Morgan fingerprint density at radius 1 is 1.19 bits per heavy atom. The summed E-state index contributed by atoms with van der Waals surface area (Å²) in [6.07, 6.45) is 0.551. The molecule has 110 valence electrons. The summed E-state index contributed by atoms with van der Waals surface area (Å²) in [5.74, 6) is -1.83. The number of rotatable bonds is 5. The van der Waals surface area contributed by atoms with Crippen molar-refractivity contribution in [1.29, 1.82) is 0 Å². The summed E-state index contributed by atoms with van der Waals surface area (Å²) in [6, 6.07) is 8.65. The van der Waals surface area contributed by atoms with Gasteiger partial charge in [0, 0.05) is 29.4 Å². The van der Waals surface area contributed by atoms with E-state index in [0.717, 1.165) is 6.07 Å². The quantitative estimate of drug-likeness (QED) is 0.668. The van der Waals surface area contributed by atoms with Crippen LogP contribution in [0.15, 0.2) is 36.4 Å². The number of nitrogens with zero attached hydrogens (tertiary/aromatic N) is 1. The lowest BCUT2D eigenvalue weighted by atomic mass is 10.1. The number of anilines is 1. The van der Waals surface area contributed by atoms with Crippen molar-refractivity contribution in [2.24, 2.45) is 0 Å². The van der Waals surface area contributed by atoms with Crippen molar-refractivity contribution in [2.45, 2.75) is 19.9 Å². The largest absolute Gasteiger partial charge is 0.381 e. The standard InChI is InChI=1S/C15H14F2N2O2/c1-2-10-6-7-12(8-14(10)19(20)21)18-9-11-4-3-5-13(16)15(11)17/h3-8,18H,2,9H2,1H3. The summed E-state index contributed by atoms with van der Waals surface area (Å²) in [4.78, 5) is 10.5. The molecule has 0 saturated carbocycles. The molecular formula is C15H14F2N2O2. The van der Waals surface area contributed by atoms with Gasteiger partial charge < -0.3 is 5.32 Å². The highest BCUT2D eigenvalue weighted by molar-refractivity contribution is 5.55. The van der Waals surface area contributed by atoms with Gasteiger partial charge in [-0.1, -0.05) is 25.1 Å². The van der Waals surface area contributed by atoms with Crippen LogP contribution in [0, 0.1) is 21.7 Å². The van der Waals surface area contributed by atoms with E-state index >= 15 is 0 Å². The second kappa shape index (κ2) is 6.30. The molecule has 0 aliphatic heterocycles. The minimum atomic E-state index is -0.915. The molecule has 2 aromatic rings. The van der Waals surface area contributed by atoms with E-state index in [1.165, 1.54) is 18.2 Å². The molecule has 0 atom stereocenters. The van der Waals surface area contributed by atoms with Crippen LogP contribution in [-0.2, 0) is 13.0 Å². The third-order valence-corrected chi connectivity index (χ3v) is 3.18. The first-order valence-electron chi connectivity index (χ1n) is 6.47. The molecule has 0 aromatic heterocycles. The van der Waals surface area contributed by atoms with Crippen LogP contribution in [0.4, 0.5) is 20.2 Å². The van der Waals surface area contributed by atoms with E-state index in [1.807, 2.05) is 6.92 Å². The molecule has 2 aromatic carbocycles. The lowest BCUT2D eigenvalue weighted by Gasteiger charge is -2.09. The zero-order valence-electron chi connectivity index (χ0n) is 11.4. The molecule has 0 bridgehead atoms. The molecule has 0 aliphatic rings. The van der Waals surface area contributed by atoms with Gasteiger partial charge in [0.25, 0.3) is 5.69 Å². The number of benzene rings is 2. The predicted octanol–water partition coefficient (Wildman–Crippen LogP) is 4.05. The fourth-order valence-corrected chi connectivity index (χ4v) is 2.03. The van der Waals surface area contributed by atoms with Crippen LogP contribution in [0.25, 0.3) is 0 Å². The Bertz CT molecular complexity index is 675. The van der Waals surface area contributed by atoms with Crippen LogP contribution in [0.3, 0.4) is 0 Å². The molecule has 0 unspecified atom stereocenters. The first kappa shape index (κ1) is 14.9. The molecule has 1 N–H and O–H groups in total. The van der Waals surface area contributed by atoms with Gasteiger partial charge in [-0.2, -0.15) is 0 Å². The van der Waals surface area contributed by atoms with E-state index < -0.39 is 16.6 Å². The number of nitro groups is 1. The fraction of sp³-hybridized carbons (Fsp3) is 0.200. The Morgan fingerprint density at radius 2 is 1.95 bits per heavy atom. The van der Waals surface area contributed by atoms with Crippen LogP contribution >= 0.6 is 0 Å². The maximum Gasteiger partial charge on any atom is 0.274 e. The monoisotopic (exact) mass is 292 g/mol. The number of nitro benzene ring substituents is 1. The van der Waals surface area contributed by atoms with Gasteiger partial charge in [0.2, 0.25) is 0 Å². The smallest absolute Gasteiger partial charge is 0.274 e. The fourth-order valence-electron chi connectivity index (χ4n) is 2.03. The average molecular weight is 292 g/mol. The third kappa shape index (κ3) is 3.34. The van der Waals surface area contributed by atoms with E-state index in [9.17, 15) is 18.9 Å². The van der Waals surface area contributed by atoms with Crippen molar-refractivity contribution in [3.05, 3.63) is 69.3 Å². The summed E-state index contributed by atoms with van der Waals surface area (Å²) >= 11 is 0. The second-order valence-corrected chi connectivity index (χ2v) is 4.52. The van der Waals surface area contributed by atoms with Crippen LogP contribution in [0.1, 0.15) is 18.1 Å². The minimum absolute atomic E-state index is 0.0159. The van der Waals surface area contributed by atoms with Crippen molar-refractivity contribution in [3.63, 3.8) is 0 Å². The zero-order chi connectivity index (χ0) is 15.4. The molecule has 0 radical (unpaired) electrons.